The minimum absolute atomic E-state index is 0.0654. The summed E-state index contributed by atoms with van der Waals surface area (Å²) in [6, 6.07) is 8.50. The van der Waals surface area contributed by atoms with E-state index in [4.69, 9.17) is 0 Å². The van der Waals surface area contributed by atoms with Crippen LogP contribution in [0.15, 0.2) is 24.3 Å². The third-order valence-electron chi connectivity index (χ3n) is 4.52. The Bertz CT molecular complexity index is 502. The van der Waals surface area contributed by atoms with Crippen LogP contribution in [0.3, 0.4) is 0 Å². The number of likely N-dealkylation sites (tertiary alicyclic amines) is 1. The van der Waals surface area contributed by atoms with Crippen LogP contribution in [0.2, 0.25) is 0 Å². The Hall–Kier alpha value is -1.84. The first-order chi connectivity index (χ1) is 10.6. The normalized spacial score (nSPS) is 15.6. The number of piperidine rings is 1. The molecule has 2 rings (SSSR count). The number of carbonyl (C=O) groups excluding carboxylic acids is 2. The number of nitrogens with one attached hydrogen (secondary N) is 1. The maximum absolute atomic E-state index is 12.3. The van der Waals surface area contributed by atoms with E-state index < -0.39 is 0 Å². The highest BCUT2D eigenvalue weighted by Crippen LogP contribution is 2.18. The fourth-order valence-electron chi connectivity index (χ4n) is 2.95. The molecule has 1 aliphatic heterocycles. The van der Waals surface area contributed by atoms with Crippen molar-refractivity contribution in [3.63, 3.8) is 0 Å². The lowest BCUT2D eigenvalue weighted by Crippen LogP contribution is -2.42. The van der Waals surface area contributed by atoms with Gasteiger partial charge in [0.05, 0.1) is 0 Å². The van der Waals surface area contributed by atoms with Gasteiger partial charge < -0.3 is 10.2 Å². The lowest BCUT2D eigenvalue weighted by molar-refractivity contribution is -0.135. The number of rotatable bonds is 5. The number of aryl methyl sites for hydroxylation is 2. The van der Waals surface area contributed by atoms with E-state index in [-0.39, 0.29) is 17.7 Å². The number of carbonyl (C=O) groups is 2. The second-order valence-electron chi connectivity index (χ2n) is 5.94. The van der Waals surface area contributed by atoms with Gasteiger partial charge in [0.25, 0.3) is 0 Å². The van der Waals surface area contributed by atoms with Gasteiger partial charge in [-0.2, -0.15) is 0 Å². The Kier molecular flexibility index (Phi) is 5.99. The summed E-state index contributed by atoms with van der Waals surface area (Å²) in [5, 5.41) is 2.69. The third kappa shape index (κ3) is 4.33. The molecular formula is C18H26N2O2. The average Bonchev–Trinajstić information content (AvgIpc) is 2.59. The maximum atomic E-state index is 12.3. The molecule has 1 aromatic carbocycles. The Morgan fingerprint density at radius 3 is 2.27 bits per heavy atom. The van der Waals surface area contributed by atoms with Crippen LogP contribution in [-0.4, -0.2) is 36.9 Å². The van der Waals surface area contributed by atoms with Crippen molar-refractivity contribution in [3.05, 3.63) is 35.4 Å². The molecule has 1 aliphatic rings. The summed E-state index contributed by atoms with van der Waals surface area (Å²) in [4.78, 5) is 25.8. The van der Waals surface area contributed by atoms with E-state index in [1.165, 1.54) is 11.1 Å². The van der Waals surface area contributed by atoms with Crippen molar-refractivity contribution in [2.24, 2.45) is 5.92 Å². The van der Waals surface area contributed by atoms with Crippen molar-refractivity contribution in [2.75, 3.05) is 20.1 Å². The van der Waals surface area contributed by atoms with Crippen LogP contribution in [0.1, 0.15) is 37.3 Å². The molecule has 1 saturated heterocycles. The highest BCUT2D eigenvalue weighted by molar-refractivity contribution is 5.80. The van der Waals surface area contributed by atoms with E-state index in [2.05, 4.69) is 36.5 Å². The molecule has 1 fully saturated rings. The Morgan fingerprint density at radius 1 is 1.14 bits per heavy atom. The minimum Gasteiger partial charge on any atom is -0.359 e. The van der Waals surface area contributed by atoms with Crippen molar-refractivity contribution >= 4 is 11.8 Å². The van der Waals surface area contributed by atoms with Crippen LogP contribution in [0, 0.1) is 5.92 Å². The molecule has 0 spiro atoms. The van der Waals surface area contributed by atoms with Crippen LogP contribution in [-0.2, 0) is 22.4 Å². The largest absolute Gasteiger partial charge is 0.359 e. The summed E-state index contributed by atoms with van der Waals surface area (Å²) < 4.78 is 0. The summed E-state index contributed by atoms with van der Waals surface area (Å²) in [6.07, 6.45) is 3.93. The SMILES string of the molecule is CCc1ccc(CCC(=O)N2CCC(C(=O)NC)CC2)cc1. The smallest absolute Gasteiger partial charge is 0.222 e. The van der Waals surface area contributed by atoms with Crippen LogP contribution in [0.5, 0.6) is 0 Å². The molecule has 0 aromatic heterocycles. The molecule has 0 unspecified atom stereocenters. The molecule has 1 N–H and O–H groups in total. The Balaban J connectivity index is 1.77. The number of amides is 2. The molecule has 1 heterocycles. The van der Waals surface area contributed by atoms with Gasteiger partial charge in [-0.1, -0.05) is 31.2 Å². The Morgan fingerprint density at radius 2 is 1.73 bits per heavy atom. The molecule has 120 valence electrons. The van der Waals surface area contributed by atoms with Gasteiger partial charge in [-0.25, -0.2) is 0 Å². The quantitative estimate of drug-likeness (QED) is 0.906. The molecule has 4 heteroatoms. The molecule has 0 atom stereocenters. The van der Waals surface area contributed by atoms with Gasteiger partial charge in [0, 0.05) is 32.5 Å². The van der Waals surface area contributed by atoms with Gasteiger partial charge in [-0.05, 0) is 36.8 Å². The maximum Gasteiger partial charge on any atom is 0.222 e. The van der Waals surface area contributed by atoms with E-state index in [1.54, 1.807) is 7.05 Å². The summed E-state index contributed by atoms with van der Waals surface area (Å²) in [5.41, 5.74) is 2.54. The molecule has 22 heavy (non-hydrogen) atoms. The highest BCUT2D eigenvalue weighted by atomic mass is 16.2. The topological polar surface area (TPSA) is 49.4 Å². The molecule has 0 saturated carbocycles. The van der Waals surface area contributed by atoms with Gasteiger partial charge in [0.1, 0.15) is 0 Å². The van der Waals surface area contributed by atoms with E-state index >= 15 is 0 Å². The lowest BCUT2D eigenvalue weighted by atomic mass is 9.95. The summed E-state index contributed by atoms with van der Waals surface area (Å²) in [6.45, 7) is 3.54. The predicted octanol–water partition coefficient (Wildman–Crippen LogP) is 2.17. The van der Waals surface area contributed by atoms with Gasteiger partial charge in [-0.15, -0.1) is 0 Å². The van der Waals surface area contributed by atoms with Gasteiger partial charge >= 0.3 is 0 Å². The zero-order valence-corrected chi connectivity index (χ0v) is 13.6. The average molecular weight is 302 g/mol. The number of hydrogen-bond donors (Lipinski definition) is 1. The van der Waals surface area contributed by atoms with Crippen molar-refractivity contribution < 1.29 is 9.59 Å². The summed E-state index contributed by atoms with van der Waals surface area (Å²) in [5.74, 6) is 0.369. The number of benzene rings is 1. The predicted molar refractivity (Wildman–Crippen MR) is 87.5 cm³/mol. The molecule has 1 aromatic rings. The monoisotopic (exact) mass is 302 g/mol. The molecule has 0 bridgehead atoms. The van der Waals surface area contributed by atoms with Crippen molar-refractivity contribution in [3.8, 4) is 0 Å². The van der Waals surface area contributed by atoms with Crippen LogP contribution < -0.4 is 5.32 Å². The van der Waals surface area contributed by atoms with Crippen molar-refractivity contribution in [2.45, 2.75) is 39.0 Å². The standard InChI is InChI=1S/C18H26N2O2/c1-3-14-4-6-15(7-5-14)8-9-17(21)20-12-10-16(11-13-20)18(22)19-2/h4-7,16H,3,8-13H2,1-2H3,(H,19,22). The fourth-order valence-corrected chi connectivity index (χ4v) is 2.95. The molecular weight excluding hydrogens is 276 g/mol. The molecule has 0 aliphatic carbocycles. The van der Waals surface area contributed by atoms with Gasteiger partial charge in [-0.3, -0.25) is 9.59 Å². The first-order valence-electron chi connectivity index (χ1n) is 8.21. The first kappa shape index (κ1) is 16.5. The molecule has 4 nitrogen and oxygen atoms in total. The van der Waals surface area contributed by atoms with E-state index in [0.717, 1.165) is 25.7 Å². The summed E-state index contributed by atoms with van der Waals surface area (Å²) in [7, 11) is 1.67. The number of nitrogens with zero attached hydrogens (tertiary/aromatic N) is 1. The van der Waals surface area contributed by atoms with Crippen molar-refractivity contribution in [1.82, 2.24) is 10.2 Å². The van der Waals surface area contributed by atoms with Crippen LogP contribution in [0.4, 0.5) is 0 Å². The Labute approximate surface area is 132 Å². The van der Waals surface area contributed by atoms with E-state index in [9.17, 15) is 9.59 Å². The molecule has 0 radical (unpaired) electrons. The van der Waals surface area contributed by atoms with Crippen LogP contribution >= 0.6 is 0 Å². The second kappa shape index (κ2) is 7.97. The van der Waals surface area contributed by atoms with E-state index in [1.807, 2.05) is 4.90 Å². The highest BCUT2D eigenvalue weighted by Gasteiger charge is 2.26. The lowest BCUT2D eigenvalue weighted by Gasteiger charge is -2.31. The third-order valence-corrected chi connectivity index (χ3v) is 4.52. The van der Waals surface area contributed by atoms with E-state index in [0.29, 0.717) is 19.5 Å². The summed E-state index contributed by atoms with van der Waals surface area (Å²) >= 11 is 0. The van der Waals surface area contributed by atoms with Crippen molar-refractivity contribution in [1.29, 1.82) is 0 Å². The first-order valence-corrected chi connectivity index (χ1v) is 8.21. The van der Waals surface area contributed by atoms with Gasteiger partial charge in [0.2, 0.25) is 11.8 Å². The van der Waals surface area contributed by atoms with Gasteiger partial charge in [0.15, 0.2) is 0 Å². The number of hydrogen-bond acceptors (Lipinski definition) is 2. The molecule has 2 amide bonds. The minimum atomic E-state index is 0.0654. The zero-order valence-electron chi connectivity index (χ0n) is 13.6. The zero-order chi connectivity index (χ0) is 15.9. The van der Waals surface area contributed by atoms with Crippen LogP contribution in [0.25, 0.3) is 0 Å². The second-order valence-corrected chi connectivity index (χ2v) is 5.94. The fraction of sp³-hybridized carbons (Fsp3) is 0.556.